The molecule has 10 nitrogen and oxygen atoms in total. The molecule has 0 saturated heterocycles. The molecular weight excluding hydrogens is 304 g/mol. The van der Waals surface area contributed by atoms with Gasteiger partial charge in [0.25, 0.3) is 0 Å². The molecule has 126 valence electrons. The Morgan fingerprint density at radius 1 is 0.909 bits per heavy atom. The molecule has 3 unspecified atom stereocenters. The average molecular weight is 322 g/mol. The molecule has 3 atom stereocenters. The minimum Gasteiger partial charge on any atom is -0.481 e. The molecule has 0 rings (SSSR count). The van der Waals surface area contributed by atoms with Crippen LogP contribution in [0.25, 0.3) is 0 Å². The lowest BCUT2D eigenvalue weighted by atomic mass is 9.96. The maximum Gasteiger partial charge on any atom is 0.328 e. The quantitative estimate of drug-likeness (QED) is 0.302. The van der Waals surface area contributed by atoms with Crippen LogP contribution >= 0.6 is 0 Å². The fraction of sp³-hybridized carbons (Fsp3) is 0.500. The summed E-state index contributed by atoms with van der Waals surface area (Å²) in [6.07, 6.45) is -1.98. The number of carbonyl (C=O) groups is 4. The SMILES string of the molecule is CC(O)C(O)CC(CC(=O)O)C(=O)O.O=C(O)/C=C/C(=O)O. The molecule has 0 saturated carbocycles. The summed E-state index contributed by atoms with van der Waals surface area (Å²) in [5.41, 5.74) is 0. The fourth-order valence-electron chi connectivity index (χ4n) is 1.11. The Kier molecular flexibility index (Phi) is 11.1. The Morgan fingerprint density at radius 3 is 1.55 bits per heavy atom. The molecule has 0 heterocycles. The Bertz CT molecular complexity index is 410. The molecule has 0 spiro atoms. The summed E-state index contributed by atoms with van der Waals surface area (Å²) < 4.78 is 0. The number of rotatable bonds is 8. The number of carboxylic acids is 4. The maximum absolute atomic E-state index is 10.5. The van der Waals surface area contributed by atoms with E-state index in [4.69, 9.17) is 30.6 Å². The Labute approximate surface area is 124 Å². The molecule has 0 aliphatic heterocycles. The van der Waals surface area contributed by atoms with Crippen molar-refractivity contribution in [1.29, 1.82) is 0 Å². The number of carboxylic acid groups (broad SMARTS) is 4. The van der Waals surface area contributed by atoms with Crippen LogP contribution in [0.5, 0.6) is 0 Å². The molecule has 0 amide bonds. The highest BCUT2D eigenvalue weighted by Gasteiger charge is 2.25. The van der Waals surface area contributed by atoms with E-state index in [1.807, 2.05) is 0 Å². The Balaban J connectivity index is 0. The lowest BCUT2D eigenvalue weighted by Gasteiger charge is -2.17. The molecular formula is C12H18O10. The van der Waals surface area contributed by atoms with Crippen molar-refractivity contribution in [3.8, 4) is 0 Å². The lowest BCUT2D eigenvalue weighted by molar-refractivity contribution is -0.149. The maximum atomic E-state index is 10.5. The van der Waals surface area contributed by atoms with E-state index in [-0.39, 0.29) is 6.42 Å². The third-order valence-electron chi connectivity index (χ3n) is 2.22. The fourth-order valence-corrected chi connectivity index (χ4v) is 1.11. The van der Waals surface area contributed by atoms with Crippen LogP contribution < -0.4 is 0 Å². The third kappa shape index (κ3) is 14.0. The van der Waals surface area contributed by atoms with Crippen molar-refractivity contribution < 1.29 is 49.8 Å². The van der Waals surface area contributed by atoms with E-state index in [0.29, 0.717) is 12.2 Å². The van der Waals surface area contributed by atoms with Crippen LogP contribution in [0.2, 0.25) is 0 Å². The second kappa shape index (κ2) is 11.2. The number of hydrogen-bond acceptors (Lipinski definition) is 6. The van der Waals surface area contributed by atoms with Crippen LogP contribution in [0, 0.1) is 5.92 Å². The van der Waals surface area contributed by atoms with Gasteiger partial charge in [0, 0.05) is 12.2 Å². The van der Waals surface area contributed by atoms with Gasteiger partial charge >= 0.3 is 23.9 Å². The van der Waals surface area contributed by atoms with E-state index in [1.54, 1.807) is 0 Å². The van der Waals surface area contributed by atoms with E-state index in [9.17, 15) is 19.2 Å². The lowest BCUT2D eigenvalue weighted by Crippen LogP contribution is -2.29. The summed E-state index contributed by atoms with van der Waals surface area (Å²) in [7, 11) is 0. The van der Waals surface area contributed by atoms with E-state index >= 15 is 0 Å². The predicted molar refractivity (Wildman–Crippen MR) is 70.1 cm³/mol. The summed E-state index contributed by atoms with van der Waals surface area (Å²) in [6, 6.07) is 0. The largest absolute Gasteiger partial charge is 0.481 e. The van der Waals surface area contributed by atoms with Gasteiger partial charge < -0.3 is 30.6 Å². The smallest absolute Gasteiger partial charge is 0.328 e. The summed E-state index contributed by atoms with van der Waals surface area (Å²) in [5, 5.41) is 50.6. The minimum absolute atomic E-state index is 0.265. The zero-order valence-electron chi connectivity index (χ0n) is 11.6. The van der Waals surface area contributed by atoms with Gasteiger partial charge in [-0.1, -0.05) is 0 Å². The second-order valence-electron chi connectivity index (χ2n) is 4.19. The highest BCUT2D eigenvalue weighted by molar-refractivity contribution is 5.89. The number of aliphatic hydroxyl groups is 2. The zero-order valence-corrected chi connectivity index (χ0v) is 11.6. The van der Waals surface area contributed by atoms with Gasteiger partial charge in [-0.15, -0.1) is 0 Å². The second-order valence-corrected chi connectivity index (χ2v) is 4.19. The zero-order chi connectivity index (χ0) is 17.9. The van der Waals surface area contributed by atoms with Crippen molar-refractivity contribution in [2.45, 2.75) is 32.0 Å². The molecule has 0 aromatic carbocycles. The van der Waals surface area contributed by atoms with Crippen LogP contribution in [0.3, 0.4) is 0 Å². The van der Waals surface area contributed by atoms with Crippen molar-refractivity contribution in [2.24, 2.45) is 5.92 Å². The first kappa shape index (κ1) is 21.8. The molecule has 0 aliphatic rings. The van der Waals surface area contributed by atoms with Crippen LogP contribution in [0.15, 0.2) is 12.2 Å². The molecule has 22 heavy (non-hydrogen) atoms. The predicted octanol–water partition coefficient (Wildman–Crippen LogP) is -0.994. The average Bonchev–Trinajstić information content (AvgIpc) is 2.35. The van der Waals surface area contributed by atoms with E-state index in [2.05, 4.69) is 0 Å². The van der Waals surface area contributed by atoms with Gasteiger partial charge in [-0.25, -0.2) is 9.59 Å². The summed E-state index contributed by atoms with van der Waals surface area (Å²) >= 11 is 0. The molecule has 0 aromatic heterocycles. The van der Waals surface area contributed by atoms with Crippen molar-refractivity contribution in [1.82, 2.24) is 0 Å². The van der Waals surface area contributed by atoms with Crippen LogP contribution in [0.1, 0.15) is 19.8 Å². The molecule has 0 fully saturated rings. The van der Waals surface area contributed by atoms with Gasteiger partial charge in [0.05, 0.1) is 24.5 Å². The van der Waals surface area contributed by atoms with Crippen molar-refractivity contribution in [2.75, 3.05) is 0 Å². The normalized spacial score (nSPS) is 14.3. The number of aliphatic carboxylic acids is 4. The highest BCUT2D eigenvalue weighted by Crippen LogP contribution is 2.14. The van der Waals surface area contributed by atoms with Crippen molar-refractivity contribution in [3.63, 3.8) is 0 Å². The first-order valence-corrected chi connectivity index (χ1v) is 5.92. The van der Waals surface area contributed by atoms with E-state index in [1.165, 1.54) is 6.92 Å². The molecule has 10 heteroatoms. The first-order valence-electron chi connectivity index (χ1n) is 5.92. The van der Waals surface area contributed by atoms with E-state index in [0.717, 1.165) is 0 Å². The van der Waals surface area contributed by atoms with Crippen molar-refractivity contribution >= 4 is 23.9 Å². The number of aliphatic hydroxyl groups excluding tert-OH is 2. The van der Waals surface area contributed by atoms with Gasteiger partial charge in [-0.05, 0) is 13.3 Å². The van der Waals surface area contributed by atoms with Crippen molar-refractivity contribution in [3.05, 3.63) is 12.2 Å². The van der Waals surface area contributed by atoms with Crippen LogP contribution in [-0.4, -0.2) is 66.7 Å². The standard InChI is InChI=1S/C8H14O6.C4H4O4/c1-4(9)6(10)2-5(8(13)14)3-7(11)12;5-3(6)1-2-4(7)8/h4-6,9-10H,2-3H2,1H3,(H,11,12)(H,13,14);1-2H,(H,5,6)(H,7,8)/b;2-1+. The summed E-state index contributed by atoms with van der Waals surface area (Å²) in [5.74, 6) is -6.21. The molecule has 0 bridgehead atoms. The summed E-state index contributed by atoms with van der Waals surface area (Å²) in [6.45, 7) is 1.31. The Hall–Kier alpha value is -2.46. The van der Waals surface area contributed by atoms with E-state index < -0.39 is 48.4 Å². The third-order valence-corrected chi connectivity index (χ3v) is 2.22. The molecule has 6 N–H and O–H groups in total. The first-order chi connectivity index (χ1) is 9.97. The minimum atomic E-state index is -1.29. The molecule has 0 aliphatic carbocycles. The molecule has 0 radical (unpaired) electrons. The van der Waals surface area contributed by atoms with Gasteiger partial charge in [0.15, 0.2) is 0 Å². The van der Waals surface area contributed by atoms with Gasteiger partial charge in [-0.2, -0.15) is 0 Å². The monoisotopic (exact) mass is 322 g/mol. The van der Waals surface area contributed by atoms with Gasteiger partial charge in [0.1, 0.15) is 0 Å². The number of hydrogen-bond donors (Lipinski definition) is 6. The van der Waals surface area contributed by atoms with Crippen LogP contribution in [-0.2, 0) is 19.2 Å². The van der Waals surface area contributed by atoms with Crippen LogP contribution in [0.4, 0.5) is 0 Å². The van der Waals surface area contributed by atoms with Gasteiger partial charge in [0.2, 0.25) is 0 Å². The Morgan fingerprint density at radius 2 is 1.32 bits per heavy atom. The topological polar surface area (TPSA) is 190 Å². The highest BCUT2D eigenvalue weighted by atomic mass is 16.4. The van der Waals surface area contributed by atoms with Gasteiger partial charge in [-0.3, -0.25) is 9.59 Å². The molecule has 0 aromatic rings. The summed E-state index contributed by atoms with van der Waals surface area (Å²) in [4.78, 5) is 39.9.